The van der Waals surface area contributed by atoms with Crippen molar-refractivity contribution >= 4 is 52.6 Å². The Balaban J connectivity index is 1.58. The fraction of sp³-hybridized carbons (Fsp3) is 0.455. The van der Waals surface area contributed by atoms with Gasteiger partial charge in [-0.15, -0.1) is 0 Å². The first-order chi connectivity index (χ1) is 17.2. The monoisotopic (exact) mass is 500 g/mol. The first-order valence-electron chi connectivity index (χ1n) is 11.3. The average molecular weight is 500 g/mol. The molecule has 1 aromatic heterocycles. The lowest BCUT2D eigenvalue weighted by Crippen LogP contribution is -2.75. The van der Waals surface area contributed by atoms with Crippen molar-refractivity contribution in [1.29, 1.82) is 5.41 Å². The van der Waals surface area contributed by atoms with Gasteiger partial charge >= 0.3 is 12.1 Å². The normalized spacial score (nSPS) is 29.1. The van der Waals surface area contributed by atoms with Crippen molar-refractivity contribution in [3.63, 3.8) is 0 Å². The Kier molecular flexibility index (Phi) is 4.64. The van der Waals surface area contributed by atoms with Crippen LogP contribution in [-0.2, 0) is 25.5 Å². The Morgan fingerprint density at radius 2 is 1.94 bits per heavy atom. The molecule has 1 aromatic carbocycles. The second kappa shape index (κ2) is 7.46. The summed E-state index contributed by atoms with van der Waals surface area (Å²) in [5, 5.41) is 16.0. The Morgan fingerprint density at radius 1 is 1.22 bits per heavy atom. The van der Waals surface area contributed by atoms with E-state index in [0.29, 0.717) is 5.56 Å². The number of amides is 5. The van der Waals surface area contributed by atoms with Crippen molar-refractivity contribution in [3.8, 4) is 0 Å². The zero-order chi connectivity index (χ0) is 25.5. The van der Waals surface area contributed by atoms with E-state index in [1.165, 1.54) is 6.07 Å². The molecule has 5 heterocycles. The van der Waals surface area contributed by atoms with Gasteiger partial charge in [-0.05, 0) is 25.5 Å². The molecule has 0 aliphatic carbocycles. The Morgan fingerprint density at radius 3 is 2.64 bits per heavy atom. The van der Waals surface area contributed by atoms with Crippen LogP contribution in [0.4, 0.5) is 25.5 Å². The predicted molar refractivity (Wildman–Crippen MR) is 119 cm³/mol. The van der Waals surface area contributed by atoms with Crippen molar-refractivity contribution in [2.75, 3.05) is 23.0 Å². The molecule has 0 saturated carbocycles. The maximum absolute atomic E-state index is 16.1. The summed E-state index contributed by atoms with van der Waals surface area (Å²) in [6.45, 7) is 3.57. The summed E-state index contributed by atoms with van der Waals surface area (Å²) in [6.07, 6.45) is -1.03. The fourth-order valence-corrected chi connectivity index (χ4v) is 5.91. The lowest BCUT2D eigenvalue weighted by atomic mass is 9.66. The van der Waals surface area contributed by atoms with Crippen molar-refractivity contribution in [2.45, 2.75) is 44.6 Å². The maximum Gasteiger partial charge on any atom is 0.416 e. The van der Waals surface area contributed by atoms with Gasteiger partial charge in [0.15, 0.2) is 17.1 Å². The Hall–Kier alpha value is -4.07. The molecular weight excluding hydrogens is 479 g/mol. The average Bonchev–Trinajstić information content (AvgIpc) is 3.39. The number of morpholine rings is 1. The number of fused-ring (bicyclic) bond motifs is 5. The van der Waals surface area contributed by atoms with E-state index < -0.39 is 53.4 Å². The summed E-state index contributed by atoms with van der Waals surface area (Å²) in [5.74, 6) is -2.43. The largest absolute Gasteiger partial charge is 0.446 e. The number of benzene rings is 1. The van der Waals surface area contributed by atoms with Crippen LogP contribution >= 0.6 is 0 Å². The molecular formula is C22H21FN6O7. The molecule has 3 N–H and O–H groups in total. The standard InChI is InChI=1S/C22H21FN6O7/c1-8-6-28-14-10(4-22(16(28)9(2)35-8)18(30)25-20(32)26-19(22)31)3-12-15(13(14)23)36-27-17(12)29-11(5-24)7-34-21(29)33/h3,5,8-9,11,16,24H,4,6-7H2,1-2H3,(H2,25,26,30,31,32)/t8-,9+,11+,16-/m1/s1. The summed E-state index contributed by atoms with van der Waals surface area (Å²) in [6, 6.07) is -1.09. The molecule has 4 atom stereocenters. The van der Waals surface area contributed by atoms with Gasteiger partial charge < -0.3 is 24.3 Å². The van der Waals surface area contributed by atoms with E-state index in [9.17, 15) is 19.2 Å². The summed E-state index contributed by atoms with van der Waals surface area (Å²) in [7, 11) is 0. The molecule has 6 rings (SSSR count). The number of nitrogens with one attached hydrogen (secondary N) is 3. The lowest BCUT2D eigenvalue weighted by molar-refractivity contribution is -0.153. The van der Waals surface area contributed by atoms with Gasteiger partial charge in [0.05, 0.1) is 29.3 Å². The molecule has 0 unspecified atom stereocenters. The smallest absolute Gasteiger partial charge is 0.416 e. The third-order valence-corrected chi connectivity index (χ3v) is 7.27. The minimum Gasteiger partial charge on any atom is -0.446 e. The second-order valence-corrected chi connectivity index (χ2v) is 9.40. The van der Waals surface area contributed by atoms with E-state index in [1.54, 1.807) is 18.7 Å². The van der Waals surface area contributed by atoms with Crippen LogP contribution in [-0.4, -0.2) is 72.8 Å². The first kappa shape index (κ1) is 22.4. The van der Waals surface area contributed by atoms with Crippen molar-refractivity contribution in [1.82, 2.24) is 15.8 Å². The van der Waals surface area contributed by atoms with E-state index in [2.05, 4.69) is 15.8 Å². The first-order valence-corrected chi connectivity index (χ1v) is 11.3. The van der Waals surface area contributed by atoms with Crippen molar-refractivity contribution in [2.24, 2.45) is 5.41 Å². The number of hydrogen-bond donors (Lipinski definition) is 3. The molecule has 0 bridgehead atoms. The van der Waals surface area contributed by atoms with Crippen molar-refractivity contribution in [3.05, 3.63) is 17.4 Å². The van der Waals surface area contributed by atoms with Crippen LogP contribution in [0.2, 0.25) is 0 Å². The molecule has 3 saturated heterocycles. The third kappa shape index (κ3) is 2.78. The summed E-state index contributed by atoms with van der Waals surface area (Å²) < 4.78 is 32.4. The van der Waals surface area contributed by atoms with Crippen LogP contribution < -0.4 is 20.4 Å². The van der Waals surface area contributed by atoms with Gasteiger partial charge in [0.1, 0.15) is 12.6 Å². The summed E-state index contributed by atoms with van der Waals surface area (Å²) >= 11 is 0. The number of cyclic esters (lactones) is 1. The summed E-state index contributed by atoms with van der Waals surface area (Å²) in [4.78, 5) is 53.5. The van der Waals surface area contributed by atoms with E-state index in [0.717, 1.165) is 11.1 Å². The van der Waals surface area contributed by atoms with Gasteiger partial charge in [0.25, 0.3) is 0 Å². The number of carbonyl (C=O) groups is 4. The predicted octanol–water partition coefficient (Wildman–Crippen LogP) is 0.832. The number of urea groups is 1. The zero-order valence-corrected chi connectivity index (χ0v) is 19.2. The molecule has 1 spiro atoms. The van der Waals surface area contributed by atoms with Gasteiger partial charge in [-0.3, -0.25) is 20.2 Å². The topological polar surface area (TPSA) is 167 Å². The number of barbiturate groups is 1. The maximum atomic E-state index is 16.1. The van der Waals surface area contributed by atoms with E-state index in [-0.39, 0.29) is 48.2 Å². The van der Waals surface area contributed by atoms with Crippen LogP contribution in [0.15, 0.2) is 10.6 Å². The number of halogens is 1. The van der Waals surface area contributed by atoms with Crippen molar-refractivity contribution < 1.29 is 37.6 Å². The lowest BCUT2D eigenvalue weighted by Gasteiger charge is -2.55. The van der Waals surface area contributed by atoms with Gasteiger partial charge in [-0.25, -0.2) is 18.9 Å². The number of imide groups is 2. The Labute approximate surface area is 202 Å². The zero-order valence-electron chi connectivity index (χ0n) is 19.2. The van der Waals surface area contributed by atoms with Crippen LogP contribution in [0.5, 0.6) is 0 Å². The van der Waals surface area contributed by atoms with Gasteiger partial charge in [0, 0.05) is 19.2 Å². The number of ether oxygens (including phenoxy) is 2. The van der Waals surface area contributed by atoms with E-state index in [1.807, 2.05) is 0 Å². The summed E-state index contributed by atoms with van der Waals surface area (Å²) in [5.41, 5.74) is -1.59. The van der Waals surface area contributed by atoms with Gasteiger partial charge in [-0.1, -0.05) is 5.16 Å². The molecule has 4 aliphatic rings. The molecule has 14 heteroatoms. The number of hydrogen-bond acceptors (Lipinski definition) is 10. The van der Waals surface area contributed by atoms with Gasteiger partial charge in [0.2, 0.25) is 17.4 Å². The molecule has 188 valence electrons. The highest BCUT2D eigenvalue weighted by Crippen LogP contribution is 2.49. The van der Waals surface area contributed by atoms with Crippen LogP contribution in [0.25, 0.3) is 11.0 Å². The molecule has 4 aliphatic heterocycles. The van der Waals surface area contributed by atoms with Gasteiger partial charge in [-0.2, -0.15) is 0 Å². The quantitative estimate of drug-likeness (QED) is 0.400. The number of carbonyl (C=O) groups excluding carboxylic acids is 4. The Bertz CT molecular complexity index is 1350. The van der Waals surface area contributed by atoms with E-state index in [4.69, 9.17) is 19.4 Å². The van der Waals surface area contributed by atoms with E-state index >= 15 is 4.39 Å². The van der Waals surface area contributed by atoms with Crippen LogP contribution in [0.1, 0.15) is 19.4 Å². The molecule has 0 radical (unpaired) electrons. The van der Waals surface area contributed by atoms with Crippen LogP contribution in [0, 0.1) is 16.6 Å². The molecule has 5 amide bonds. The SMILES string of the molecule is C[C@@H]1CN2c3c(cc4c(N5C(=O)OC[C@@H]5C=N)noc4c3F)CC3(C(=O)NC(=O)NC3=O)[C@H]2[C@H](C)O1. The number of anilines is 2. The second-order valence-electron chi connectivity index (χ2n) is 9.40. The number of nitrogens with zero attached hydrogens (tertiary/aromatic N) is 3. The highest BCUT2D eigenvalue weighted by atomic mass is 19.1. The minimum absolute atomic E-state index is 0.0460. The number of aromatic nitrogens is 1. The van der Waals surface area contributed by atoms with Crippen LogP contribution in [0.3, 0.4) is 0 Å². The molecule has 2 aromatic rings. The third-order valence-electron chi connectivity index (χ3n) is 7.27. The fourth-order valence-electron chi connectivity index (χ4n) is 5.91. The highest BCUT2D eigenvalue weighted by molar-refractivity contribution is 6.20. The number of rotatable bonds is 2. The minimum atomic E-state index is -1.79. The molecule has 3 fully saturated rings. The molecule has 13 nitrogen and oxygen atoms in total. The molecule has 36 heavy (non-hydrogen) atoms. The highest BCUT2D eigenvalue weighted by Gasteiger charge is 2.63.